The van der Waals surface area contributed by atoms with Gasteiger partial charge in [-0.1, -0.05) is 37.1 Å². The van der Waals surface area contributed by atoms with Crippen LogP contribution in [0.25, 0.3) is 0 Å². The van der Waals surface area contributed by atoms with Crippen LogP contribution in [0.1, 0.15) is 56.6 Å². The summed E-state index contributed by atoms with van der Waals surface area (Å²) in [6.07, 6.45) is 7.14. The fourth-order valence-electron chi connectivity index (χ4n) is 4.47. The predicted octanol–water partition coefficient (Wildman–Crippen LogP) is 3.52. The molecule has 2 fully saturated rings. The van der Waals surface area contributed by atoms with Crippen molar-refractivity contribution in [2.45, 2.75) is 58.5 Å². The lowest BCUT2D eigenvalue weighted by atomic mass is 9.84. The molecule has 176 valence electrons. The average molecular weight is 545 g/mol. The van der Waals surface area contributed by atoms with Gasteiger partial charge in [0.25, 0.3) is 0 Å². The van der Waals surface area contributed by atoms with Crippen LogP contribution < -0.4 is 10.6 Å². The lowest BCUT2D eigenvalue weighted by Gasteiger charge is -2.27. The number of guanidine groups is 1. The van der Waals surface area contributed by atoms with E-state index < -0.39 is 0 Å². The van der Waals surface area contributed by atoms with E-state index in [1.54, 1.807) is 0 Å². The van der Waals surface area contributed by atoms with E-state index in [0.29, 0.717) is 13.2 Å². The zero-order valence-corrected chi connectivity index (χ0v) is 21.4. The van der Waals surface area contributed by atoms with Gasteiger partial charge in [0.05, 0.1) is 13.2 Å². The number of nitrogens with zero attached hydrogens (tertiary/aromatic N) is 2. The van der Waals surface area contributed by atoms with Crippen LogP contribution in [0.5, 0.6) is 0 Å². The summed E-state index contributed by atoms with van der Waals surface area (Å²) in [7, 11) is 0. The molecule has 0 aliphatic carbocycles. The SMILES string of the molecule is CCNC(=NCc1cccc(CN2CCCCCC2)c1)NCC1(CCO)CCOC1.I. The molecule has 1 aromatic rings. The zero-order valence-electron chi connectivity index (χ0n) is 19.1. The average Bonchev–Trinajstić information content (AvgIpc) is 3.06. The monoisotopic (exact) mass is 544 g/mol. The molecule has 7 heteroatoms. The normalized spacial score (nSPS) is 22.6. The van der Waals surface area contributed by atoms with Crippen molar-refractivity contribution in [2.24, 2.45) is 10.4 Å². The second-order valence-corrected chi connectivity index (χ2v) is 8.84. The van der Waals surface area contributed by atoms with Gasteiger partial charge in [-0.15, -0.1) is 24.0 Å². The Labute approximate surface area is 205 Å². The van der Waals surface area contributed by atoms with Crippen LogP contribution in [0.15, 0.2) is 29.3 Å². The molecule has 6 nitrogen and oxygen atoms in total. The molecule has 1 unspecified atom stereocenters. The molecule has 0 aromatic heterocycles. The Morgan fingerprint density at radius 1 is 1.16 bits per heavy atom. The van der Waals surface area contributed by atoms with Crippen LogP contribution in [0.3, 0.4) is 0 Å². The Morgan fingerprint density at radius 2 is 1.94 bits per heavy atom. The topological polar surface area (TPSA) is 69.1 Å². The second kappa shape index (κ2) is 14.3. The maximum absolute atomic E-state index is 9.44. The minimum Gasteiger partial charge on any atom is -0.396 e. The van der Waals surface area contributed by atoms with Crippen LogP contribution >= 0.6 is 24.0 Å². The van der Waals surface area contributed by atoms with Gasteiger partial charge in [0.15, 0.2) is 5.96 Å². The standard InChI is InChI=1S/C24H40N4O2.HI/c1-2-25-23(27-19-24(10-14-29)11-15-30-20-24)26-17-21-8-7-9-22(16-21)18-28-12-5-3-4-6-13-28;/h7-9,16,29H,2-6,10-15,17-20H2,1H3,(H2,25,26,27);1H. The first-order chi connectivity index (χ1) is 14.7. The maximum Gasteiger partial charge on any atom is 0.191 e. The minimum atomic E-state index is 0. The smallest absolute Gasteiger partial charge is 0.191 e. The summed E-state index contributed by atoms with van der Waals surface area (Å²) in [5.41, 5.74) is 2.64. The number of aliphatic imine (C=N–C) groups is 1. The molecule has 2 aliphatic rings. The number of nitrogens with one attached hydrogen (secondary N) is 2. The first kappa shape index (κ1) is 26.4. The van der Waals surface area contributed by atoms with Gasteiger partial charge in [-0.3, -0.25) is 4.90 Å². The summed E-state index contributed by atoms with van der Waals surface area (Å²) >= 11 is 0. The molecule has 0 radical (unpaired) electrons. The Balaban J connectivity index is 0.00000341. The van der Waals surface area contributed by atoms with Crippen molar-refractivity contribution in [1.29, 1.82) is 0 Å². The highest BCUT2D eigenvalue weighted by molar-refractivity contribution is 14.0. The van der Waals surface area contributed by atoms with Gasteiger partial charge >= 0.3 is 0 Å². The van der Waals surface area contributed by atoms with Gasteiger partial charge in [-0.05, 0) is 56.8 Å². The molecule has 1 atom stereocenters. The molecule has 3 N–H and O–H groups in total. The van der Waals surface area contributed by atoms with E-state index in [-0.39, 0.29) is 36.0 Å². The Hall–Kier alpha value is -0.900. The van der Waals surface area contributed by atoms with Gasteiger partial charge in [0, 0.05) is 38.3 Å². The first-order valence-corrected chi connectivity index (χ1v) is 11.7. The van der Waals surface area contributed by atoms with Gasteiger partial charge in [-0.25, -0.2) is 4.99 Å². The van der Waals surface area contributed by atoms with Crippen LogP contribution in [-0.4, -0.2) is 62.0 Å². The van der Waals surface area contributed by atoms with Crippen molar-refractivity contribution < 1.29 is 9.84 Å². The van der Waals surface area contributed by atoms with E-state index in [9.17, 15) is 5.11 Å². The third-order valence-corrected chi connectivity index (χ3v) is 6.32. The van der Waals surface area contributed by atoms with Crippen LogP contribution in [0.2, 0.25) is 0 Å². The minimum absolute atomic E-state index is 0. The van der Waals surface area contributed by atoms with Gasteiger partial charge < -0.3 is 20.5 Å². The highest BCUT2D eigenvalue weighted by atomic mass is 127. The number of rotatable bonds is 9. The van der Waals surface area contributed by atoms with E-state index in [1.807, 2.05) is 0 Å². The summed E-state index contributed by atoms with van der Waals surface area (Å²) in [6.45, 7) is 9.50. The molecule has 0 spiro atoms. The van der Waals surface area contributed by atoms with E-state index in [2.05, 4.69) is 46.7 Å². The maximum atomic E-state index is 9.44. The van der Waals surface area contributed by atoms with Crippen LogP contribution in [0, 0.1) is 5.41 Å². The van der Waals surface area contributed by atoms with Gasteiger partial charge in [0.2, 0.25) is 0 Å². The van der Waals surface area contributed by atoms with Crippen molar-refractivity contribution >= 4 is 29.9 Å². The summed E-state index contributed by atoms with van der Waals surface area (Å²) in [5.74, 6) is 0.833. The van der Waals surface area contributed by atoms with Crippen molar-refractivity contribution in [2.75, 3.05) is 46.0 Å². The van der Waals surface area contributed by atoms with Gasteiger partial charge in [-0.2, -0.15) is 0 Å². The molecule has 2 saturated heterocycles. The number of likely N-dealkylation sites (tertiary alicyclic amines) is 1. The number of hydrogen-bond donors (Lipinski definition) is 3. The van der Waals surface area contributed by atoms with Crippen molar-refractivity contribution in [3.8, 4) is 0 Å². The molecule has 31 heavy (non-hydrogen) atoms. The molecule has 3 rings (SSSR count). The molecular weight excluding hydrogens is 503 g/mol. The first-order valence-electron chi connectivity index (χ1n) is 11.7. The predicted molar refractivity (Wildman–Crippen MR) is 138 cm³/mol. The number of aliphatic hydroxyl groups excluding tert-OH is 1. The van der Waals surface area contributed by atoms with Crippen LogP contribution in [-0.2, 0) is 17.8 Å². The largest absolute Gasteiger partial charge is 0.396 e. The number of ether oxygens (including phenoxy) is 1. The van der Waals surface area contributed by atoms with Crippen LogP contribution in [0.4, 0.5) is 0 Å². The van der Waals surface area contributed by atoms with E-state index in [0.717, 1.165) is 45.0 Å². The quantitative estimate of drug-likeness (QED) is 0.252. The Morgan fingerprint density at radius 3 is 2.61 bits per heavy atom. The Kier molecular flexibility index (Phi) is 12.1. The highest BCUT2D eigenvalue weighted by Gasteiger charge is 2.34. The fourth-order valence-corrected chi connectivity index (χ4v) is 4.47. The van der Waals surface area contributed by atoms with Gasteiger partial charge in [0.1, 0.15) is 0 Å². The zero-order chi connectivity index (χ0) is 21.1. The summed E-state index contributed by atoms with van der Waals surface area (Å²) in [6, 6.07) is 8.86. The highest BCUT2D eigenvalue weighted by Crippen LogP contribution is 2.31. The second-order valence-electron chi connectivity index (χ2n) is 8.84. The van der Waals surface area contributed by atoms with Crippen molar-refractivity contribution in [3.05, 3.63) is 35.4 Å². The molecule has 0 bridgehead atoms. The molecule has 2 heterocycles. The molecular formula is C24H41IN4O2. The fraction of sp³-hybridized carbons (Fsp3) is 0.708. The molecule has 1 aromatic carbocycles. The number of halogens is 1. The third kappa shape index (κ3) is 8.86. The van der Waals surface area contributed by atoms with E-state index in [1.165, 1.54) is 49.9 Å². The van der Waals surface area contributed by atoms with Crippen molar-refractivity contribution in [1.82, 2.24) is 15.5 Å². The lowest BCUT2D eigenvalue weighted by Crippen LogP contribution is -2.44. The van der Waals surface area contributed by atoms with E-state index in [4.69, 9.17) is 9.73 Å². The summed E-state index contributed by atoms with van der Waals surface area (Å²) in [4.78, 5) is 7.40. The molecule has 0 saturated carbocycles. The number of hydrogen-bond acceptors (Lipinski definition) is 4. The lowest BCUT2D eigenvalue weighted by molar-refractivity contribution is 0.127. The van der Waals surface area contributed by atoms with E-state index >= 15 is 0 Å². The Bertz CT molecular complexity index is 657. The summed E-state index contributed by atoms with van der Waals surface area (Å²) in [5, 5.41) is 16.3. The number of aliphatic hydroxyl groups is 1. The molecule has 0 amide bonds. The summed E-state index contributed by atoms with van der Waals surface area (Å²) < 4.78 is 5.60. The number of benzene rings is 1. The molecule has 2 aliphatic heterocycles. The van der Waals surface area contributed by atoms with Crippen molar-refractivity contribution in [3.63, 3.8) is 0 Å². The third-order valence-electron chi connectivity index (χ3n) is 6.32.